The summed E-state index contributed by atoms with van der Waals surface area (Å²) in [6, 6.07) is 12.5. The molecule has 2 aromatic rings. The van der Waals surface area contributed by atoms with Gasteiger partial charge in [-0.05, 0) is 56.5 Å². The minimum atomic E-state index is -0.210. The zero-order valence-corrected chi connectivity index (χ0v) is 20.1. The van der Waals surface area contributed by atoms with Crippen LogP contribution in [0.25, 0.3) is 0 Å². The van der Waals surface area contributed by atoms with Gasteiger partial charge in [0, 0.05) is 38.3 Å². The number of nitrogen functional groups attached to an aromatic ring is 1. The Labute approximate surface area is 200 Å². The Hall–Kier alpha value is -2.77. The number of nitrogens with one attached hydrogen (secondary N) is 1. The molecule has 2 amide bonds. The summed E-state index contributed by atoms with van der Waals surface area (Å²) in [5, 5.41) is 3.34. The third-order valence-electron chi connectivity index (χ3n) is 6.07. The second-order valence-electron chi connectivity index (χ2n) is 8.54. The number of carbonyl (C=O) groups excluding carboxylic acids is 2. The maximum Gasteiger partial charge on any atom is 0.255 e. The Morgan fingerprint density at radius 1 is 1.24 bits per heavy atom. The molecule has 1 fully saturated rings. The fourth-order valence-corrected chi connectivity index (χ4v) is 4.28. The molecule has 33 heavy (non-hydrogen) atoms. The number of hydrogen-bond acceptors (Lipinski definition) is 5. The first-order valence-corrected chi connectivity index (χ1v) is 11.7. The summed E-state index contributed by atoms with van der Waals surface area (Å²) in [4.78, 5) is 29.2. The van der Waals surface area contributed by atoms with Gasteiger partial charge < -0.3 is 25.6 Å². The molecule has 1 atom stereocenters. The average molecular weight is 473 g/mol. The molecule has 178 valence electrons. The van der Waals surface area contributed by atoms with E-state index in [1.165, 1.54) is 7.11 Å². The highest BCUT2D eigenvalue weighted by atomic mass is 35.5. The van der Waals surface area contributed by atoms with Crippen molar-refractivity contribution in [3.8, 4) is 5.75 Å². The first kappa shape index (κ1) is 24.9. The Bertz CT molecular complexity index is 954. The van der Waals surface area contributed by atoms with Gasteiger partial charge in [0.05, 0.1) is 23.4 Å². The Balaban J connectivity index is 1.36. The van der Waals surface area contributed by atoms with E-state index in [0.717, 1.165) is 51.0 Å². The summed E-state index contributed by atoms with van der Waals surface area (Å²) in [6.45, 7) is 4.33. The van der Waals surface area contributed by atoms with Gasteiger partial charge in [-0.25, -0.2) is 0 Å². The lowest BCUT2D eigenvalue weighted by Crippen LogP contribution is -2.31. The molecule has 7 nitrogen and oxygen atoms in total. The Kier molecular flexibility index (Phi) is 8.97. The minimum absolute atomic E-state index is 0.0617. The smallest absolute Gasteiger partial charge is 0.255 e. The van der Waals surface area contributed by atoms with E-state index in [2.05, 4.69) is 10.2 Å². The van der Waals surface area contributed by atoms with Gasteiger partial charge in [0.25, 0.3) is 11.8 Å². The summed E-state index contributed by atoms with van der Waals surface area (Å²) < 4.78 is 5.27. The summed E-state index contributed by atoms with van der Waals surface area (Å²) in [6.07, 6.45) is 3.05. The van der Waals surface area contributed by atoms with E-state index >= 15 is 0 Å². The van der Waals surface area contributed by atoms with Crippen LogP contribution in [0.2, 0.25) is 5.02 Å². The second kappa shape index (κ2) is 11.9. The second-order valence-corrected chi connectivity index (χ2v) is 8.95. The molecule has 0 saturated carbocycles. The van der Waals surface area contributed by atoms with Crippen LogP contribution in [0.15, 0.2) is 42.5 Å². The number of nitrogens with two attached hydrogens (primary N) is 1. The van der Waals surface area contributed by atoms with Crippen LogP contribution in [0.4, 0.5) is 5.69 Å². The molecular weight excluding hydrogens is 440 g/mol. The van der Waals surface area contributed by atoms with E-state index < -0.39 is 0 Å². The number of nitrogens with zero attached hydrogens (tertiary/aromatic N) is 2. The molecule has 8 heteroatoms. The third kappa shape index (κ3) is 6.85. The van der Waals surface area contributed by atoms with Crippen LogP contribution >= 0.6 is 11.6 Å². The lowest BCUT2D eigenvalue weighted by molar-refractivity contribution is 0.0791. The van der Waals surface area contributed by atoms with E-state index in [0.29, 0.717) is 34.5 Å². The van der Waals surface area contributed by atoms with Crippen LogP contribution in [0, 0.1) is 5.92 Å². The highest BCUT2D eigenvalue weighted by Crippen LogP contribution is 2.29. The number of amides is 2. The highest BCUT2D eigenvalue weighted by Gasteiger charge is 2.23. The van der Waals surface area contributed by atoms with Crippen LogP contribution in [-0.2, 0) is 0 Å². The van der Waals surface area contributed by atoms with Crippen molar-refractivity contribution in [1.29, 1.82) is 0 Å². The Morgan fingerprint density at radius 2 is 2.00 bits per heavy atom. The predicted molar refractivity (Wildman–Crippen MR) is 132 cm³/mol. The van der Waals surface area contributed by atoms with Crippen LogP contribution in [0.5, 0.6) is 5.75 Å². The molecule has 1 aliphatic rings. The van der Waals surface area contributed by atoms with E-state index in [9.17, 15) is 9.59 Å². The lowest BCUT2D eigenvalue weighted by Gasteiger charge is -2.19. The predicted octanol–water partition coefficient (Wildman–Crippen LogP) is 3.53. The number of benzene rings is 2. The van der Waals surface area contributed by atoms with Crippen molar-refractivity contribution in [2.45, 2.75) is 19.3 Å². The number of ether oxygens (including phenoxy) is 1. The third-order valence-corrected chi connectivity index (χ3v) is 6.40. The molecule has 0 spiro atoms. The van der Waals surface area contributed by atoms with Crippen molar-refractivity contribution < 1.29 is 14.3 Å². The van der Waals surface area contributed by atoms with Crippen molar-refractivity contribution in [2.75, 3.05) is 52.6 Å². The molecule has 0 radical (unpaired) electrons. The number of hydrogen-bond donors (Lipinski definition) is 2. The molecule has 0 aliphatic carbocycles. The number of likely N-dealkylation sites (tertiary alicyclic amines) is 1. The molecule has 1 heterocycles. The standard InChI is InChI=1S/C25H33ClN4O3/c1-29(25(32)19-8-4-3-5-9-19)11-6-7-12-30-13-10-18(17-30)16-28-24(31)20-14-21(26)22(27)15-23(20)33-2/h3-5,8-9,14-15,18H,6-7,10-13,16-17,27H2,1-2H3,(H,28,31). The van der Waals surface area contributed by atoms with Gasteiger partial charge in [0.2, 0.25) is 0 Å². The van der Waals surface area contributed by atoms with Crippen LogP contribution in [0.1, 0.15) is 40.0 Å². The van der Waals surface area contributed by atoms with Crippen LogP contribution in [0.3, 0.4) is 0 Å². The fraction of sp³-hybridized carbons (Fsp3) is 0.440. The van der Waals surface area contributed by atoms with Crippen molar-refractivity contribution in [2.24, 2.45) is 5.92 Å². The lowest BCUT2D eigenvalue weighted by atomic mass is 10.1. The van der Waals surface area contributed by atoms with E-state index in [-0.39, 0.29) is 11.8 Å². The van der Waals surface area contributed by atoms with Crippen molar-refractivity contribution in [3.05, 3.63) is 58.6 Å². The normalized spacial score (nSPS) is 15.9. The number of carbonyl (C=O) groups is 2. The molecule has 1 aliphatic heterocycles. The fourth-order valence-electron chi connectivity index (χ4n) is 4.12. The molecule has 1 unspecified atom stereocenters. The molecule has 2 aromatic carbocycles. The quantitative estimate of drug-likeness (QED) is 0.408. The highest BCUT2D eigenvalue weighted by molar-refractivity contribution is 6.33. The van der Waals surface area contributed by atoms with Gasteiger partial charge in [-0.1, -0.05) is 29.8 Å². The molecular formula is C25H33ClN4O3. The maximum absolute atomic E-state index is 12.6. The summed E-state index contributed by atoms with van der Waals surface area (Å²) >= 11 is 6.07. The zero-order chi connectivity index (χ0) is 23.8. The van der Waals surface area contributed by atoms with E-state index in [1.807, 2.05) is 37.4 Å². The maximum atomic E-state index is 12.6. The van der Waals surface area contributed by atoms with Crippen molar-refractivity contribution in [3.63, 3.8) is 0 Å². The number of unbranched alkanes of at least 4 members (excludes halogenated alkanes) is 1. The SMILES string of the molecule is COc1cc(N)c(Cl)cc1C(=O)NCC1CCN(CCCCN(C)C(=O)c2ccccc2)C1. The Morgan fingerprint density at radius 3 is 2.73 bits per heavy atom. The number of anilines is 1. The van der Waals surface area contributed by atoms with Crippen LogP contribution < -0.4 is 15.8 Å². The summed E-state index contributed by atoms with van der Waals surface area (Å²) in [7, 11) is 3.36. The first-order chi connectivity index (χ1) is 15.9. The number of methoxy groups -OCH3 is 1. The minimum Gasteiger partial charge on any atom is -0.496 e. The van der Waals surface area contributed by atoms with Gasteiger partial charge in [-0.15, -0.1) is 0 Å². The van der Waals surface area contributed by atoms with Crippen molar-refractivity contribution >= 4 is 29.1 Å². The number of rotatable bonds is 10. The zero-order valence-electron chi connectivity index (χ0n) is 19.4. The molecule has 0 bridgehead atoms. The van der Waals surface area contributed by atoms with Gasteiger partial charge in [0.1, 0.15) is 5.75 Å². The topological polar surface area (TPSA) is 87.9 Å². The monoisotopic (exact) mass is 472 g/mol. The van der Waals surface area contributed by atoms with Gasteiger partial charge in [0.15, 0.2) is 0 Å². The summed E-state index contributed by atoms with van der Waals surface area (Å²) in [5.41, 5.74) is 7.29. The average Bonchev–Trinajstić information content (AvgIpc) is 3.29. The largest absolute Gasteiger partial charge is 0.496 e. The van der Waals surface area contributed by atoms with E-state index in [1.54, 1.807) is 17.0 Å². The van der Waals surface area contributed by atoms with Crippen LogP contribution in [-0.4, -0.2) is 68.5 Å². The molecule has 0 aromatic heterocycles. The number of halogens is 1. The van der Waals surface area contributed by atoms with Gasteiger partial charge >= 0.3 is 0 Å². The van der Waals surface area contributed by atoms with Gasteiger partial charge in [-0.2, -0.15) is 0 Å². The molecule has 1 saturated heterocycles. The van der Waals surface area contributed by atoms with E-state index in [4.69, 9.17) is 22.1 Å². The van der Waals surface area contributed by atoms with Gasteiger partial charge in [-0.3, -0.25) is 9.59 Å². The molecule has 3 N–H and O–H groups in total. The first-order valence-electron chi connectivity index (χ1n) is 11.3. The molecule has 3 rings (SSSR count). The summed E-state index contributed by atoms with van der Waals surface area (Å²) in [5.74, 6) is 0.676. The van der Waals surface area contributed by atoms with Crippen molar-refractivity contribution in [1.82, 2.24) is 15.1 Å².